The zero-order valence-corrected chi connectivity index (χ0v) is 18.1. The van der Waals surface area contributed by atoms with E-state index in [4.69, 9.17) is 0 Å². The van der Waals surface area contributed by atoms with Crippen LogP contribution in [0.15, 0.2) is 60.7 Å². The Kier molecular flexibility index (Phi) is 6.82. The van der Waals surface area contributed by atoms with Crippen molar-refractivity contribution in [3.63, 3.8) is 0 Å². The third-order valence-electron chi connectivity index (χ3n) is 6.20. The second-order valence-corrected chi connectivity index (χ2v) is 8.49. The first kappa shape index (κ1) is 21.3. The molecule has 1 atom stereocenters. The number of aryl methyl sites for hydroxylation is 2. The maximum absolute atomic E-state index is 14.8. The van der Waals surface area contributed by atoms with Crippen LogP contribution in [-0.4, -0.2) is 0 Å². The van der Waals surface area contributed by atoms with Crippen LogP contribution < -0.4 is 0 Å². The molecule has 1 aliphatic carbocycles. The van der Waals surface area contributed by atoms with E-state index in [-0.39, 0.29) is 17.6 Å². The standard InChI is InChI=1S/C29H28F2/c1-2-3-4-5-22-11-17-28(29(31)19-22)26-14-13-24-18-23(8-12-25(24)20-26)7-6-21-9-15-27(30)16-10-21/h8-12,15-19,26H,2-5,13-14,20H2,1H3. The lowest BCUT2D eigenvalue weighted by Gasteiger charge is -2.25. The van der Waals surface area contributed by atoms with Crippen molar-refractivity contribution in [2.75, 3.05) is 0 Å². The molecule has 1 aliphatic rings. The molecule has 1 unspecified atom stereocenters. The Morgan fingerprint density at radius 3 is 2.39 bits per heavy atom. The lowest BCUT2D eigenvalue weighted by atomic mass is 9.79. The summed E-state index contributed by atoms with van der Waals surface area (Å²) in [7, 11) is 0. The van der Waals surface area contributed by atoms with Crippen LogP contribution in [0.4, 0.5) is 8.78 Å². The third kappa shape index (κ3) is 5.42. The number of benzene rings is 3. The molecule has 0 aromatic heterocycles. The van der Waals surface area contributed by atoms with Gasteiger partial charge in [-0.1, -0.05) is 49.8 Å². The molecule has 0 heterocycles. The van der Waals surface area contributed by atoms with Crippen molar-refractivity contribution in [3.05, 3.63) is 106 Å². The fraction of sp³-hybridized carbons (Fsp3) is 0.310. The first-order chi connectivity index (χ1) is 15.1. The van der Waals surface area contributed by atoms with Gasteiger partial charge in [-0.2, -0.15) is 0 Å². The molecule has 0 saturated heterocycles. The maximum atomic E-state index is 14.8. The van der Waals surface area contributed by atoms with Gasteiger partial charge in [0.05, 0.1) is 0 Å². The van der Waals surface area contributed by atoms with Gasteiger partial charge in [0.2, 0.25) is 0 Å². The van der Waals surface area contributed by atoms with E-state index in [2.05, 4.69) is 37.0 Å². The monoisotopic (exact) mass is 414 g/mol. The molecule has 158 valence electrons. The average molecular weight is 415 g/mol. The van der Waals surface area contributed by atoms with Gasteiger partial charge in [-0.25, -0.2) is 8.78 Å². The highest BCUT2D eigenvalue weighted by Crippen LogP contribution is 2.34. The van der Waals surface area contributed by atoms with Gasteiger partial charge in [0.15, 0.2) is 0 Å². The number of halogens is 2. The predicted molar refractivity (Wildman–Crippen MR) is 123 cm³/mol. The smallest absolute Gasteiger partial charge is 0.126 e. The fourth-order valence-electron chi connectivity index (χ4n) is 4.41. The highest BCUT2D eigenvalue weighted by molar-refractivity contribution is 5.47. The Balaban J connectivity index is 1.45. The molecule has 0 bridgehead atoms. The fourth-order valence-corrected chi connectivity index (χ4v) is 4.41. The molecule has 4 rings (SSSR count). The number of unbranched alkanes of at least 4 members (excludes halogenated alkanes) is 2. The molecule has 0 saturated carbocycles. The summed E-state index contributed by atoms with van der Waals surface area (Å²) >= 11 is 0. The molecule has 31 heavy (non-hydrogen) atoms. The first-order valence-electron chi connectivity index (χ1n) is 11.3. The van der Waals surface area contributed by atoms with Crippen LogP contribution in [0.3, 0.4) is 0 Å². The van der Waals surface area contributed by atoms with Crippen LogP contribution >= 0.6 is 0 Å². The van der Waals surface area contributed by atoms with E-state index in [0.717, 1.165) is 54.4 Å². The summed E-state index contributed by atoms with van der Waals surface area (Å²) in [6.45, 7) is 2.19. The van der Waals surface area contributed by atoms with E-state index >= 15 is 0 Å². The van der Waals surface area contributed by atoms with Gasteiger partial charge in [-0.3, -0.25) is 0 Å². The molecule has 0 amide bonds. The Labute approximate surface area is 184 Å². The van der Waals surface area contributed by atoms with Gasteiger partial charge in [0.25, 0.3) is 0 Å². The number of hydrogen-bond donors (Lipinski definition) is 0. The highest BCUT2D eigenvalue weighted by atomic mass is 19.1. The minimum atomic E-state index is -0.253. The quantitative estimate of drug-likeness (QED) is 0.302. The van der Waals surface area contributed by atoms with Gasteiger partial charge >= 0.3 is 0 Å². The molecule has 3 aromatic rings. The van der Waals surface area contributed by atoms with Crippen molar-refractivity contribution in [1.82, 2.24) is 0 Å². The van der Waals surface area contributed by atoms with Gasteiger partial charge in [-0.05, 0) is 103 Å². The molecule has 3 aromatic carbocycles. The van der Waals surface area contributed by atoms with Crippen LogP contribution in [0.25, 0.3) is 0 Å². The molecular formula is C29H28F2. The van der Waals surface area contributed by atoms with Gasteiger partial charge in [-0.15, -0.1) is 0 Å². The third-order valence-corrected chi connectivity index (χ3v) is 6.20. The van der Waals surface area contributed by atoms with Crippen molar-refractivity contribution in [2.45, 2.75) is 57.8 Å². The minimum absolute atomic E-state index is 0.0516. The Morgan fingerprint density at radius 2 is 1.61 bits per heavy atom. The summed E-state index contributed by atoms with van der Waals surface area (Å²) in [5.41, 5.74) is 6.31. The number of hydrogen-bond acceptors (Lipinski definition) is 0. The second-order valence-electron chi connectivity index (χ2n) is 8.49. The van der Waals surface area contributed by atoms with Crippen molar-refractivity contribution in [1.29, 1.82) is 0 Å². The van der Waals surface area contributed by atoms with Crippen LogP contribution in [0.2, 0.25) is 0 Å². The first-order valence-corrected chi connectivity index (χ1v) is 11.3. The summed E-state index contributed by atoms with van der Waals surface area (Å²) in [6.07, 6.45) is 7.21. The second kappa shape index (κ2) is 9.92. The highest BCUT2D eigenvalue weighted by Gasteiger charge is 2.22. The van der Waals surface area contributed by atoms with Crippen LogP contribution in [0, 0.1) is 23.5 Å². The van der Waals surface area contributed by atoms with Crippen molar-refractivity contribution in [3.8, 4) is 11.8 Å². The molecule has 0 aliphatic heterocycles. The van der Waals surface area contributed by atoms with E-state index in [0.29, 0.717) is 0 Å². The zero-order chi connectivity index (χ0) is 21.6. The van der Waals surface area contributed by atoms with Gasteiger partial charge in [0.1, 0.15) is 11.6 Å². The van der Waals surface area contributed by atoms with Crippen LogP contribution in [-0.2, 0) is 19.3 Å². The Bertz CT molecular complexity index is 1100. The maximum Gasteiger partial charge on any atom is 0.126 e. The van der Waals surface area contributed by atoms with Crippen LogP contribution in [0.5, 0.6) is 0 Å². The molecule has 0 spiro atoms. The van der Waals surface area contributed by atoms with Gasteiger partial charge in [0, 0.05) is 11.1 Å². The molecule has 0 radical (unpaired) electrons. The van der Waals surface area contributed by atoms with E-state index < -0.39 is 0 Å². The summed E-state index contributed by atoms with van der Waals surface area (Å²) in [6, 6.07) is 18.4. The minimum Gasteiger partial charge on any atom is -0.207 e. The topological polar surface area (TPSA) is 0 Å². The van der Waals surface area contributed by atoms with Crippen molar-refractivity contribution in [2.24, 2.45) is 0 Å². The molecule has 2 heteroatoms. The molecule has 0 N–H and O–H groups in total. The zero-order valence-electron chi connectivity index (χ0n) is 18.1. The average Bonchev–Trinajstić information content (AvgIpc) is 2.78. The van der Waals surface area contributed by atoms with E-state index in [1.54, 1.807) is 18.2 Å². The summed E-state index contributed by atoms with van der Waals surface area (Å²) in [5, 5.41) is 0. The summed E-state index contributed by atoms with van der Waals surface area (Å²) in [4.78, 5) is 0. The van der Waals surface area contributed by atoms with Crippen LogP contribution in [0.1, 0.15) is 71.9 Å². The van der Waals surface area contributed by atoms with E-state index in [9.17, 15) is 8.78 Å². The summed E-state index contributed by atoms with van der Waals surface area (Å²) < 4.78 is 27.9. The van der Waals surface area contributed by atoms with Gasteiger partial charge < -0.3 is 0 Å². The predicted octanol–water partition coefficient (Wildman–Crippen LogP) is 7.37. The molecule has 0 nitrogen and oxygen atoms in total. The molecule has 0 fully saturated rings. The molecular weight excluding hydrogens is 386 g/mol. The van der Waals surface area contributed by atoms with E-state index in [1.165, 1.54) is 36.1 Å². The number of fused-ring (bicyclic) bond motifs is 1. The largest absolute Gasteiger partial charge is 0.207 e. The van der Waals surface area contributed by atoms with Crippen molar-refractivity contribution < 1.29 is 8.78 Å². The van der Waals surface area contributed by atoms with Crippen molar-refractivity contribution >= 4 is 0 Å². The number of rotatable bonds is 5. The Hall–Kier alpha value is -2.92. The lowest BCUT2D eigenvalue weighted by Crippen LogP contribution is -2.14. The summed E-state index contributed by atoms with van der Waals surface area (Å²) in [5.74, 6) is 6.20. The van der Waals surface area contributed by atoms with E-state index in [1.807, 2.05) is 12.1 Å². The SMILES string of the molecule is CCCCCc1ccc(C2CCc3cc(C#Cc4ccc(F)cc4)ccc3C2)c(F)c1. The Morgan fingerprint density at radius 1 is 0.839 bits per heavy atom. The normalized spacial score (nSPS) is 15.1. The lowest BCUT2D eigenvalue weighted by molar-refractivity contribution is 0.532.